The summed E-state index contributed by atoms with van der Waals surface area (Å²) in [7, 11) is 0. The number of nitrogens with zero attached hydrogens (tertiary/aromatic N) is 2. The Hall–Kier alpha value is -0.650. The predicted octanol–water partition coefficient (Wildman–Crippen LogP) is 1.78. The lowest BCUT2D eigenvalue weighted by molar-refractivity contribution is 0.0694. The minimum atomic E-state index is 0.0754. The standard InChI is InChI=1S/C12H19N3OS/c1-2-3-13-6-10-7-14-12(15-8-10)11-9-17-5-4-16-11/h7-8,11,13H,2-6,9H2,1H3. The van der Waals surface area contributed by atoms with Crippen molar-refractivity contribution >= 4 is 11.8 Å². The Balaban J connectivity index is 1.88. The van der Waals surface area contributed by atoms with Crippen LogP contribution in [-0.2, 0) is 11.3 Å². The Morgan fingerprint density at radius 3 is 2.94 bits per heavy atom. The topological polar surface area (TPSA) is 47.0 Å². The molecule has 1 aromatic rings. The van der Waals surface area contributed by atoms with Gasteiger partial charge < -0.3 is 10.1 Å². The summed E-state index contributed by atoms with van der Waals surface area (Å²) < 4.78 is 5.64. The minimum absolute atomic E-state index is 0.0754. The zero-order valence-electron chi connectivity index (χ0n) is 10.2. The first kappa shape index (κ1) is 12.8. The van der Waals surface area contributed by atoms with Crippen molar-refractivity contribution in [1.82, 2.24) is 15.3 Å². The van der Waals surface area contributed by atoms with Gasteiger partial charge in [0.15, 0.2) is 5.82 Å². The lowest BCUT2D eigenvalue weighted by Gasteiger charge is -2.20. The monoisotopic (exact) mass is 253 g/mol. The van der Waals surface area contributed by atoms with Crippen LogP contribution < -0.4 is 5.32 Å². The van der Waals surface area contributed by atoms with Crippen molar-refractivity contribution in [3.05, 3.63) is 23.8 Å². The van der Waals surface area contributed by atoms with Gasteiger partial charge in [-0.25, -0.2) is 9.97 Å². The second-order valence-electron chi connectivity index (χ2n) is 4.06. The van der Waals surface area contributed by atoms with Crippen molar-refractivity contribution in [2.45, 2.75) is 26.0 Å². The molecule has 0 bridgehead atoms. The highest BCUT2D eigenvalue weighted by molar-refractivity contribution is 7.99. The van der Waals surface area contributed by atoms with Crippen LogP contribution in [0.25, 0.3) is 0 Å². The van der Waals surface area contributed by atoms with E-state index in [0.717, 1.165) is 49.0 Å². The van der Waals surface area contributed by atoms with Gasteiger partial charge >= 0.3 is 0 Å². The third kappa shape index (κ3) is 3.94. The Morgan fingerprint density at radius 2 is 2.29 bits per heavy atom. The fourth-order valence-corrected chi connectivity index (χ4v) is 2.51. The minimum Gasteiger partial charge on any atom is -0.368 e. The van der Waals surface area contributed by atoms with Crippen LogP contribution >= 0.6 is 11.8 Å². The van der Waals surface area contributed by atoms with Crippen LogP contribution in [0.3, 0.4) is 0 Å². The summed E-state index contributed by atoms with van der Waals surface area (Å²) in [6.07, 6.45) is 5.01. The highest BCUT2D eigenvalue weighted by Gasteiger charge is 2.18. The van der Waals surface area contributed by atoms with E-state index in [9.17, 15) is 0 Å². The van der Waals surface area contributed by atoms with Gasteiger partial charge in [-0.3, -0.25) is 0 Å². The van der Waals surface area contributed by atoms with Crippen LogP contribution in [0.5, 0.6) is 0 Å². The molecule has 17 heavy (non-hydrogen) atoms. The Bertz CT molecular complexity index is 325. The fraction of sp³-hybridized carbons (Fsp3) is 0.667. The van der Waals surface area contributed by atoms with Crippen LogP contribution in [0.1, 0.15) is 30.8 Å². The van der Waals surface area contributed by atoms with E-state index in [-0.39, 0.29) is 6.10 Å². The second kappa shape index (κ2) is 6.93. The van der Waals surface area contributed by atoms with Crippen LogP contribution in [0.15, 0.2) is 12.4 Å². The molecule has 2 rings (SSSR count). The quantitative estimate of drug-likeness (QED) is 0.811. The molecule has 0 spiro atoms. The molecular formula is C12H19N3OS. The lowest BCUT2D eigenvalue weighted by atomic mass is 10.3. The largest absolute Gasteiger partial charge is 0.368 e. The summed E-state index contributed by atoms with van der Waals surface area (Å²) in [4.78, 5) is 8.78. The zero-order chi connectivity index (χ0) is 11.9. The molecule has 1 atom stereocenters. The van der Waals surface area contributed by atoms with Crippen molar-refractivity contribution in [1.29, 1.82) is 0 Å². The number of rotatable bonds is 5. The normalized spacial score (nSPS) is 20.4. The van der Waals surface area contributed by atoms with Crippen molar-refractivity contribution in [2.24, 2.45) is 0 Å². The Kier molecular flexibility index (Phi) is 5.22. The smallest absolute Gasteiger partial charge is 0.157 e. The summed E-state index contributed by atoms with van der Waals surface area (Å²) in [5.74, 6) is 2.86. The van der Waals surface area contributed by atoms with Gasteiger partial charge in [-0.05, 0) is 13.0 Å². The van der Waals surface area contributed by atoms with Gasteiger partial charge in [-0.1, -0.05) is 6.92 Å². The Morgan fingerprint density at radius 1 is 1.47 bits per heavy atom. The van der Waals surface area contributed by atoms with Gasteiger partial charge in [0.25, 0.3) is 0 Å². The number of nitrogens with one attached hydrogen (secondary N) is 1. The van der Waals surface area contributed by atoms with Crippen molar-refractivity contribution < 1.29 is 4.74 Å². The first-order valence-electron chi connectivity index (χ1n) is 6.11. The van der Waals surface area contributed by atoms with E-state index in [1.807, 2.05) is 24.2 Å². The molecule has 0 saturated carbocycles. The van der Waals surface area contributed by atoms with E-state index in [2.05, 4.69) is 22.2 Å². The summed E-state index contributed by atoms with van der Waals surface area (Å²) in [5.41, 5.74) is 1.13. The zero-order valence-corrected chi connectivity index (χ0v) is 11.0. The highest BCUT2D eigenvalue weighted by Crippen LogP contribution is 2.23. The van der Waals surface area contributed by atoms with Gasteiger partial charge in [-0.2, -0.15) is 11.8 Å². The first-order valence-corrected chi connectivity index (χ1v) is 7.26. The first-order chi connectivity index (χ1) is 8.40. The number of hydrogen-bond donors (Lipinski definition) is 1. The van der Waals surface area contributed by atoms with Gasteiger partial charge in [0.1, 0.15) is 6.10 Å². The molecule has 94 valence electrons. The molecular weight excluding hydrogens is 234 g/mol. The molecule has 1 aliphatic heterocycles. The number of ether oxygens (including phenoxy) is 1. The predicted molar refractivity (Wildman–Crippen MR) is 70.0 cm³/mol. The molecule has 0 amide bonds. The SMILES string of the molecule is CCCNCc1cnc(C2CSCCO2)nc1. The van der Waals surface area contributed by atoms with Gasteiger partial charge in [-0.15, -0.1) is 0 Å². The molecule has 4 nitrogen and oxygen atoms in total. The maximum Gasteiger partial charge on any atom is 0.157 e. The van der Waals surface area contributed by atoms with E-state index in [1.165, 1.54) is 0 Å². The molecule has 1 aromatic heterocycles. The van der Waals surface area contributed by atoms with Crippen LogP contribution in [0.2, 0.25) is 0 Å². The van der Waals surface area contributed by atoms with E-state index in [4.69, 9.17) is 4.74 Å². The molecule has 1 N–H and O–H groups in total. The maximum atomic E-state index is 5.64. The number of thioether (sulfide) groups is 1. The van der Waals surface area contributed by atoms with Gasteiger partial charge in [0.2, 0.25) is 0 Å². The highest BCUT2D eigenvalue weighted by atomic mass is 32.2. The average Bonchev–Trinajstić information content (AvgIpc) is 2.41. The molecule has 1 aliphatic rings. The molecule has 0 radical (unpaired) electrons. The van der Waals surface area contributed by atoms with Gasteiger partial charge in [0.05, 0.1) is 6.61 Å². The average molecular weight is 253 g/mol. The second-order valence-corrected chi connectivity index (χ2v) is 5.21. The van der Waals surface area contributed by atoms with Crippen LogP contribution in [0, 0.1) is 0 Å². The van der Waals surface area contributed by atoms with Gasteiger partial charge in [0, 0.05) is 36.0 Å². The summed E-state index contributed by atoms with van der Waals surface area (Å²) >= 11 is 1.90. The van der Waals surface area contributed by atoms with E-state index in [1.54, 1.807) is 0 Å². The summed E-state index contributed by atoms with van der Waals surface area (Å²) in [6, 6.07) is 0. The maximum absolute atomic E-state index is 5.64. The molecule has 2 heterocycles. The molecule has 5 heteroatoms. The van der Waals surface area contributed by atoms with Crippen LogP contribution in [-0.4, -0.2) is 34.6 Å². The Labute approximate surface area is 107 Å². The van der Waals surface area contributed by atoms with E-state index < -0.39 is 0 Å². The number of aromatic nitrogens is 2. The lowest BCUT2D eigenvalue weighted by Crippen LogP contribution is -2.19. The molecule has 1 saturated heterocycles. The van der Waals surface area contributed by atoms with Crippen molar-refractivity contribution in [3.63, 3.8) is 0 Å². The third-order valence-electron chi connectivity index (χ3n) is 2.59. The number of hydrogen-bond acceptors (Lipinski definition) is 5. The van der Waals surface area contributed by atoms with Crippen molar-refractivity contribution in [2.75, 3.05) is 24.7 Å². The molecule has 1 unspecified atom stereocenters. The molecule has 0 aromatic carbocycles. The molecule has 1 fully saturated rings. The third-order valence-corrected chi connectivity index (χ3v) is 3.58. The summed E-state index contributed by atoms with van der Waals surface area (Å²) in [6.45, 7) is 4.84. The van der Waals surface area contributed by atoms with Crippen molar-refractivity contribution in [3.8, 4) is 0 Å². The van der Waals surface area contributed by atoms with E-state index in [0.29, 0.717) is 0 Å². The molecule has 0 aliphatic carbocycles. The fourth-order valence-electron chi connectivity index (χ4n) is 1.67. The van der Waals surface area contributed by atoms with Crippen LogP contribution in [0.4, 0.5) is 0 Å². The summed E-state index contributed by atoms with van der Waals surface area (Å²) in [5, 5.41) is 3.33. The van der Waals surface area contributed by atoms with E-state index >= 15 is 0 Å².